The fourth-order valence-electron chi connectivity index (χ4n) is 9.07. The van der Waals surface area contributed by atoms with E-state index < -0.39 is 0 Å². The van der Waals surface area contributed by atoms with Gasteiger partial charge in [-0.15, -0.1) is 0 Å². The van der Waals surface area contributed by atoms with Crippen LogP contribution in [0, 0.1) is 28.2 Å². The van der Waals surface area contributed by atoms with Crippen molar-refractivity contribution in [1.82, 2.24) is 68.6 Å². The Morgan fingerprint density at radius 1 is 0.125 bits per heavy atom. The van der Waals surface area contributed by atoms with Crippen molar-refractivity contribution in [3.63, 3.8) is 0 Å². The van der Waals surface area contributed by atoms with Crippen LogP contribution in [-0.4, -0.2) is 458 Å². The van der Waals surface area contributed by atoms with Gasteiger partial charge in [0.05, 0.1) is 79.3 Å². The maximum Gasteiger partial charge on any atom is 0.0558 e. The number of aliphatic hydroxyl groups is 12. The summed E-state index contributed by atoms with van der Waals surface area (Å²) in [7, 11) is 25.9. The van der Waals surface area contributed by atoms with Crippen molar-refractivity contribution in [3.8, 4) is 0 Å². The average molecular weight is 1150 g/mol. The Balaban J connectivity index is 6.19. The van der Waals surface area contributed by atoms with Gasteiger partial charge in [-0.25, -0.2) is 0 Å². The minimum atomic E-state index is -0.0646. The molecule has 0 heterocycles. The molecule has 0 atom stereocenters. The minimum absolute atomic E-state index is 0.00722. The molecule has 0 saturated carbocycles. The first kappa shape index (κ1) is 79.0. The average Bonchev–Trinajstić information content (AvgIpc) is 3.43. The lowest BCUT2D eigenvalue weighted by atomic mass is 10.3. The van der Waals surface area contributed by atoms with E-state index in [2.05, 4.69) is 29.4 Å². The number of hydrogen-bond donors (Lipinski definition) is 12. The van der Waals surface area contributed by atoms with E-state index in [1.807, 2.05) is 24.5 Å². The molecule has 0 aromatic rings. The number of rotatable bonds is 63. The predicted octanol–water partition coefficient (Wildman–Crippen LogP) is -8.20. The smallest absolute Gasteiger partial charge is 0.0558 e. The first-order valence-corrected chi connectivity index (χ1v) is 29.3. The molecule has 0 aliphatic heterocycles. The van der Waals surface area contributed by atoms with Gasteiger partial charge in [0.1, 0.15) is 0 Å². The Morgan fingerprint density at radius 2 is 0.212 bits per heavy atom. The van der Waals surface area contributed by atoms with Gasteiger partial charge in [-0.3, -0.25) is 68.6 Å². The van der Waals surface area contributed by atoms with Gasteiger partial charge < -0.3 is 61.3 Å². The van der Waals surface area contributed by atoms with Crippen molar-refractivity contribution < 1.29 is 61.3 Å². The SMILES string of the molecule is [CH]N(CCN([CH])CCN(CCN([CH])CCN(CCN([CH])CCO)CCN(CCO)CCN(CCO)CCN(CCO)CCO)CCN(CCO)CCN(CCN(CCO)CCO)CCN(CCO)CCO)CCN(CCO)CCO. The molecule has 80 heavy (non-hydrogen) atoms. The molecule has 26 nitrogen and oxygen atoms in total. The van der Waals surface area contributed by atoms with Crippen LogP contribution < -0.4 is 0 Å². The second-order valence-electron chi connectivity index (χ2n) is 20.2. The van der Waals surface area contributed by atoms with E-state index in [0.29, 0.717) is 249 Å². The van der Waals surface area contributed by atoms with E-state index in [-0.39, 0.29) is 79.3 Å². The zero-order chi connectivity index (χ0) is 59.4. The molecule has 0 fully saturated rings. The van der Waals surface area contributed by atoms with Crippen LogP contribution >= 0.6 is 0 Å². The van der Waals surface area contributed by atoms with Gasteiger partial charge in [0.15, 0.2) is 0 Å². The molecule has 0 spiro atoms. The second kappa shape index (κ2) is 55.8. The van der Waals surface area contributed by atoms with E-state index in [1.54, 1.807) is 14.7 Å². The molecule has 0 aromatic carbocycles. The third-order valence-electron chi connectivity index (χ3n) is 14.3. The molecule has 474 valence electrons. The third kappa shape index (κ3) is 44.4. The lowest BCUT2D eigenvalue weighted by Crippen LogP contribution is -2.47. The summed E-state index contributed by atoms with van der Waals surface area (Å²) < 4.78 is 0. The number of aliphatic hydroxyl groups excluding tert-OH is 12. The van der Waals surface area contributed by atoms with Crippen molar-refractivity contribution in [1.29, 1.82) is 0 Å². The van der Waals surface area contributed by atoms with E-state index in [0.717, 1.165) is 0 Å². The van der Waals surface area contributed by atoms with Crippen LogP contribution in [0.5, 0.6) is 0 Å². The fourth-order valence-corrected chi connectivity index (χ4v) is 9.07. The summed E-state index contributed by atoms with van der Waals surface area (Å²) in [6, 6.07) is 0. The van der Waals surface area contributed by atoms with Gasteiger partial charge >= 0.3 is 0 Å². The predicted molar refractivity (Wildman–Crippen MR) is 313 cm³/mol. The summed E-state index contributed by atoms with van der Waals surface area (Å²) in [6.45, 7) is 20.9. The van der Waals surface area contributed by atoms with Crippen LogP contribution in [0.4, 0.5) is 0 Å². The molecule has 0 rings (SSSR count). The summed E-state index contributed by atoms with van der Waals surface area (Å²) >= 11 is 0. The van der Waals surface area contributed by atoms with Gasteiger partial charge in [0, 0.05) is 277 Å². The monoisotopic (exact) mass is 1150 g/mol. The van der Waals surface area contributed by atoms with Crippen molar-refractivity contribution in [3.05, 3.63) is 28.2 Å². The highest BCUT2D eigenvalue weighted by Crippen LogP contribution is 2.04. The van der Waals surface area contributed by atoms with Gasteiger partial charge in [0.2, 0.25) is 0 Å². The first-order chi connectivity index (χ1) is 38.8. The highest BCUT2D eigenvalue weighted by atomic mass is 16.3. The molecule has 0 aliphatic carbocycles. The van der Waals surface area contributed by atoms with Crippen molar-refractivity contribution in [2.75, 3.05) is 328 Å². The lowest BCUT2D eigenvalue weighted by molar-refractivity contribution is 0.109. The highest BCUT2D eigenvalue weighted by Gasteiger charge is 2.19. The molecule has 26 heteroatoms. The van der Waals surface area contributed by atoms with Crippen molar-refractivity contribution >= 4 is 0 Å². The molecule has 0 saturated heterocycles. The molecule has 0 aliphatic rings. The summed E-state index contributed by atoms with van der Waals surface area (Å²) in [4.78, 5) is 28.3. The van der Waals surface area contributed by atoms with Crippen LogP contribution in [0.3, 0.4) is 0 Å². The molecule has 8 radical (unpaired) electrons. The summed E-state index contributed by atoms with van der Waals surface area (Å²) in [5, 5.41) is 116. The van der Waals surface area contributed by atoms with Crippen molar-refractivity contribution in [2.45, 2.75) is 0 Å². The molecular weight excluding hydrogens is 1040 g/mol. The van der Waals surface area contributed by atoms with Crippen molar-refractivity contribution in [2.24, 2.45) is 0 Å². The minimum Gasteiger partial charge on any atom is -0.395 e. The molecular formula is C54H116N14O12. The van der Waals surface area contributed by atoms with E-state index in [9.17, 15) is 61.3 Å². The van der Waals surface area contributed by atoms with E-state index >= 15 is 0 Å². The molecule has 0 amide bonds. The molecule has 0 unspecified atom stereocenters. The number of hydrogen-bond acceptors (Lipinski definition) is 26. The largest absolute Gasteiger partial charge is 0.395 e. The molecule has 0 bridgehead atoms. The summed E-state index contributed by atoms with van der Waals surface area (Å²) in [5.74, 6) is 0. The molecule has 12 N–H and O–H groups in total. The zero-order valence-corrected chi connectivity index (χ0v) is 49.3. The van der Waals surface area contributed by atoms with E-state index in [4.69, 9.17) is 28.2 Å². The first-order valence-electron chi connectivity index (χ1n) is 29.3. The summed E-state index contributed by atoms with van der Waals surface area (Å²) in [6.07, 6.45) is 0. The standard InChI is InChI=1S/C54H116N14O12/c1-55(5-6-56(2)10-16-65(35-47-73)36-48-74)7-12-59(17-22-62(32-44-70)24-19-61(20-28-66(37-49-75)38-50-76)21-29-67(39-51-77)40-52-78)13-8-57(3)9-14-60(15-11-58(4)31-43-69)18-23-63(33-45-71)25-26-64(34-46-72)27-30-68(41-53-79)42-54-80/h1-4,69-80H,5-54H2. The van der Waals surface area contributed by atoms with Crippen LogP contribution in [0.2, 0.25) is 0 Å². The quantitative estimate of drug-likeness (QED) is 0.0252. The maximum absolute atomic E-state index is 10.2. The Kier molecular flexibility index (Phi) is 55.1. The zero-order valence-electron chi connectivity index (χ0n) is 49.3. The summed E-state index contributed by atoms with van der Waals surface area (Å²) in [5.41, 5.74) is 0. The maximum atomic E-state index is 10.2. The Hall–Kier alpha value is -1.04. The van der Waals surface area contributed by atoms with Crippen LogP contribution in [0.1, 0.15) is 0 Å². The van der Waals surface area contributed by atoms with Gasteiger partial charge in [-0.05, 0) is 0 Å². The van der Waals surface area contributed by atoms with Gasteiger partial charge in [-0.2, -0.15) is 0 Å². The third-order valence-corrected chi connectivity index (χ3v) is 14.3. The second-order valence-corrected chi connectivity index (χ2v) is 20.2. The number of nitrogens with zero attached hydrogens (tertiary/aromatic N) is 14. The molecule has 0 aromatic heterocycles. The normalized spacial score (nSPS) is 12.8. The Morgan fingerprint density at radius 3 is 0.350 bits per heavy atom. The Labute approximate surface area is 484 Å². The van der Waals surface area contributed by atoms with E-state index in [1.165, 1.54) is 0 Å². The topological polar surface area (TPSA) is 288 Å². The van der Waals surface area contributed by atoms with Crippen LogP contribution in [0.15, 0.2) is 0 Å². The van der Waals surface area contributed by atoms with Gasteiger partial charge in [-0.1, -0.05) is 0 Å². The fraction of sp³-hybridized carbons (Fsp3) is 0.926. The Bertz CT molecular complexity index is 1260. The van der Waals surface area contributed by atoms with Gasteiger partial charge in [0.25, 0.3) is 0 Å². The van der Waals surface area contributed by atoms with Crippen LogP contribution in [-0.2, 0) is 0 Å². The van der Waals surface area contributed by atoms with Crippen LogP contribution in [0.25, 0.3) is 0 Å². The lowest BCUT2D eigenvalue weighted by Gasteiger charge is -2.33. The highest BCUT2D eigenvalue weighted by molar-refractivity contribution is 4.76.